The number of unbranched alkanes of at least 4 members (excludes halogenated alkanes) is 5. The Morgan fingerprint density at radius 3 is 2.57 bits per heavy atom. The molecule has 0 saturated carbocycles. The number of nitrogens with zero attached hydrogens (tertiary/aromatic N) is 4. The van der Waals surface area contributed by atoms with Crippen LogP contribution in [0.25, 0.3) is 11.7 Å². The zero-order valence-electron chi connectivity index (χ0n) is 21.3. The van der Waals surface area contributed by atoms with Gasteiger partial charge < -0.3 is 14.4 Å². The van der Waals surface area contributed by atoms with E-state index in [4.69, 9.17) is 26.7 Å². The average molecular weight is 543 g/mol. The van der Waals surface area contributed by atoms with E-state index < -0.39 is 5.79 Å². The molecule has 0 aliphatic carbocycles. The summed E-state index contributed by atoms with van der Waals surface area (Å²) in [6, 6.07) is 5.49. The van der Waals surface area contributed by atoms with Crippen molar-refractivity contribution >= 4 is 51.7 Å². The zero-order chi connectivity index (χ0) is 25.8. The van der Waals surface area contributed by atoms with Crippen molar-refractivity contribution in [3.8, 4) is 0 Å². The number of carbonyl (C=O) groups excluding carboxylic acids is 1. The highest BCUT2D eigenvalue weighted by Gasteiger charge is 2.41. The number of anilines is 1. The number of ether oxygens (including phenoxy) is 2. The number of fused-ring (bicyclic) bond motifs is 1. The van der Waals surface area contributed by atoms with E-state index in [1.165, 1.54) is 41.8 Å². The van der Waals surface area contributed by atoms with Gasteiger partial charge in [-0.05, 0) is 24.6 Å². The molecule has 5 rings (SSSR count). The zero-order valence-corrected chi connectivity index (χ0v) is 23.0. The van der Waals surface area contributed by atoms with Crippen molar-refractivity contribution in [1.82, 2.24) is 14.3 Å². The minimum Gasteiger partial charge on any atom is -0.355 e. The van der Waals surface area contributed by atoms with Crippen LogP contribution in [0.15, 0.2) is 34.1 Å². The Labute approximate surface area is 227 Å². The van der Waals surface area contributed by atoms with Crippen LogP contribution in [0, 0.1) is 0 Å². The molecule has 0 atom stereocenters. The molecule has 198 valence electrons. The van der Waals surface area contributed by atoms with E-state index in [-0.39, 0.29) is 11.5 Å². The number of aromatic nitrogens is 2. The van der Waals surface area contributed by atoms with Gasteiger partial charge in [-0.15, -0.1) is 0 Å². The summed E-state index contributed by atoms with van der Waals surface area (Å²) < 4.78 is 13.8. The van der Waals surface area contributed by atoms with Crippen LogP contribution in [-0.4, -0.2) is 63.1 Å². The summed E-state index contributed by atoms with van der Waals surface area (Å²) in [6.07, 6.45) is 11.7. The molecule has 2 aromatic rings. The minimum absolute atomic E-state index is 0.127. The lowest BCUT2D eigenvalue weighted by molar-refractivity contribution is -0.169. The fraction of sp³-hybridized carbons (Fsp3) is 0.556. The number of carbonyl (C=O) groups is 1. The van der Waals surface area contributed by atoms with Gasteiger partial charge in [0.25, 0.3) is 11.5 Å². The van der Waals surface area contributed by atoms with E-state index in [0.717, 1.165) is 12.8 Å². The Morgan fingerprint density at radius 1 is 1.08 bits per heavy atom. The first kappa shape index (κ1) is 26.3. The second-order valence-corrected chi connectivity index (χ2v) is 11.5. The molecular weight excluding hydrogens is 508 g/mol. The summed E-state index contributed by atoms with van der Waals surface area (Å²) in [5, 5.41) is 0. The lowest BCUT2D eigenvalue weighted by Gasteiger charge is -2.38. The average Bonchev–Trinajstić information content (AvgIpc) is 3.47. The van der Waals surface area contributed by atoms with E-state index in [1.54, 1.807) is 23.2 Å². The van der Waals surface area contributed by atoms with E-state index in [1.807, 2.05) is 12.1 Å². The number of thioether (sulfide) groups is 1. The van der Waals surface area contributed by atoms with Crippen LogP contribution in [0.4, 0.5) is 5.82 Å². The molecule has 1 spiro atoms. The second kappa shape index (κ2) is 11.6. The third-order valence-corrected chi connectivity index (χ3v) is 8.65. The molecule has 10 heteroatoms. The number of pyridine rings is 1. The highest BCUT2D eigenvalue weighted by Crippen LogP contribution is 2.36. The van der Waals surface area contributed by atoms with Gasteiger partial charge in [0.1, 0.15) is 15.8 Å². The number of thiocarbonyl (C=S) groups is 1. The fourth-order valence-electron chi connectivity index (χ4n) is 5.18. The summed E-state index contributed by atoms with van der Waals surface area (Å²) in [5.41, 5.74) is 0.785. The van der Waals surface area contributed by atoms with Gasteiger partial charge in [0.2, 0.25) is 0 Å². The number of rotatable bonds is 9. The molecule has 2 aromatic heterocycles. The van der Waals surface area contributed by atoms with Crippen LogP contribution in [0.1, 0.15) is 63.9 Å². The smallest absolute Gasteiger partial charge is 0.267 e. The van der Waals surface area contributed by atoms with Crippen molar-refractivity contribution < 1.29 is 14.3 Å². The predicted molar refractivity (Wildman–Crippen MR) is 151 cm³/mol. The Bertz CT molecular complexity index is 1240. The number of hydrogen-bond acceptors (Lipinski definition) is 8. The maximum absolute atomic E-state index is 13.6. The molecule has 0 radical (unpaired) electrons. The first-order valence-corrected chi connectivity index (χ1v) is 14.5. The molecule has 0 bridgehead atoms. The van der Waals surface area contributed by atoms with Gasteiger partial charge in [-0.1, -0.05) is 69.1 Å². The molecule has 3 saturated heterocycles. The first-order chi connectivity index (χ1) is 18.0. The van der Waals surface area contributed by atoms with Crippen LogP contribution in [0.3, 0.4) is 0 Å². The Morgan fingerprint density at radius 2 is 1.81 bits per heavy atom. The Kier molecular flexibility index (Phi) is 8.28. The molecule has 0 N–H and O–H groups in total. The number of hydrogen-bond donors (Lipinski definition) is 0. The van der Waals surface area contributed by atoms with Gasteiger partial charge in [0.05, 0.1) is 23.7 Å². The van der Waals surface area contributed by atoms with Crippen molar-refractivity contribution in [1.29, 1.82) is 0 Å². The van der Waals surface area contributed by atoms with Crippen LogP contribution in [-0.2, 0) is 14.3 Å². The van der Waals surface area contributed by atoms with Crippen molar-refractivity contribution in [2.75, 3.05) is 37.7 Å². The van der Waals surface area contributed by atoms with Gasteiger partial charge in [0, 0.05) is 38.7 Å². The molecule has 8 nitrogen and oxygen atoms in total. The van der Waals surface area contributed by atoms with Gasteiger partial charge in [-0.2, -0.15) is 0 Å². The number of amides is 1. The first-order valence-electron chi connectivity index (χ1n) is 13.3. The van der Waals surface area contributed by atoms with Crippen molar-refractivity contribution in [3.63, 3.8) is 0 Å². The normalized spacial score (nSPS) is 20.7. The van der Waals surface area contributed by atoms with Crippen LogP contribution in [0.5, 0.6) is 0 Å². The summed E-state index contributed by atoms with van der Waals surface area (Å²) in [4.78, 5) is 36.0. The largest absolute Gasteiger partial charge is 0.355 e. The highest BCUT2D eigenvalue weighted by atomic mass is 32.2. The molecule has 5 heterocycles. The third-order valence-electron chi connectivity index (χ3n) is 7.27. The van der Waals surface area contributed by atoms with E-state index >= 15 is 0 Å². The van der Waals surface area contributed by atoms with Crippen molar-refractivity contribution in [2.45, 2.75) is 64.1 Å². The predicted octanol–water partition coefficient (Wildman–Crippen LogP) is 4.60. The summed E-state index contributed by atoms with van der Waals surface area (Å²) >= 11 is 6.81. The van der Waals surface area contributed by atoms with Crippen LogP contribution in [0.2, 0.25) is 0 Å². The maximum atomic E-state index is 13.6. The van der Waals surface area contributed by atoms with Gasteiger partial charge >= 0.3 is 0 Å². The van der Waals surface area contributed by atoms with Gasteiger partial charge in [-0.3, -0.25) is 18.9 Å². The summed E-state index contributed by atoms with van der Waals surface area (Å²) in [6.45, 7) is 5.34. The molecular formula is C27H34N4O4S2. The summed E-state index contributed by atoms with van der Waals surface area (Å²) in [7, 11) is 0. The Balaban J connectivity index is 1.39. The van der Waals surface area contributed by atoms with Gasteiger partial charge in [-0.25, -0.2) is 4.98 Å². The summed E-state index contributed by atoms with van der Waals surface area (Å²) in [5.74, 6) is -0.0655. The minimum atomic E-state index is -0.526. The molecule has 3 aliphatic heterocycles. The monoisotopic (exact) mass is 542 g/mol. The van der Waals surface area contributed by atoms with E-state index in [0.29, 0.717) is 71.9 Å². The Hall–Kier alpha value is -2.27. The topological polar surface area (TPSA) is 76.4 Å². The van der Waals surface area contributed by atoms with Crippen molar-refractivity contribution in [3.05, 3.63) is 45.2 Å². The lowest BCUT2D eigenvalue weighted by atomic mass is 10.0. The molecule has 37 heavy (non-hydrogen) atoms. The molecule has 0 unspecified atom stereocenters. The fourth-order valence-corrected chi connectivity index (χ4v) is 6.47. The molecule has 0 aromatic carbocycles. The molecule has 3 fully saturated rings. The number of piperidine rings is 1. The van der Waals surface area contributed by atoms with E-state index in [9.17, 15) is 9.59 Å². The van der Waals surface area contributed by atoms with Crippen molar-refractivity contribution in [2.24, 2.45) is 0 Å². The molecule has 3 aliphatic rings. The third kappa shape index (κ3) is 5.62. The van der Waals surface area contributed by atoms with Crippen LogP contribution < -0.4 is 10.5 Å². The SMILES string of the molecule is CCCCCCCCN1C(=O)/C(=C\c2c(N3CCC4(CC3)OCCO4)nc3ccccn3c2=O)SC1=S. The molecule has 1 amide bonds. The highest BCUT2D eigenvalue weighted by molar-refractivity contribution is 8.26. The quantitative estimate of drug-likeness (QED) is 0.259. The van der Waals surface area contributed by atoms with Gasteiger partial charge in [0.15, 0.2) is 5.79 Å². The maximum Gasteiger partial charge on any atom is 0.267 e. The van der Waals surface area contributed by atoms with Crippen LogP contribution >= 0.6 is 24.0 Å². The standard InChI is InChI=1S/C27H34N4O4S2/c1-2-3-4-5-6-8-14-31-25(33)21(37-26(31)36)19-20-23(28-22-10-7-9-13-30(22)24(20)32)29-15-11-27(12-16-29)34-17-18-35-27/h7,9-10,13,19H,2-6,8,11-12,14-18H2,1H3/b21-19+. The lowest BCUT2D eigenvalue weighted by Crippen LogP contribution is -2.46. The van der Waals surface area contributed by atoms with E-state index in [2.05, 4.69) is 11.8 Å². The second-order valence-electron chi connectivity index (χ2n) is 9.78.